The summed E-state index contributed by atoms with van der Waals surface area (Å²) in [5.74, 6) is 0. The molecule has 3 rings (SSSR count). The molecule has 0 aliphatic carbocycles. The van der Waals surface area contributed by atoms with E-state index in [1.807, 2.05) is 30.5 Å². The lowest BCUT2D eigenvalue weighted by Gasteiger charge is -2.25. The van der Waals surface area contributed by atoms with Crippen LogP contribution in [0.5, 0.6) is 0 Å². The summed E-state index contributed by atoms with van der Waals surface area (Å²) < 4.78 is 0. The molecule has 124 valence electrons. The summed E-state index contributed by atoms with van der Waals surface area (Å²) in [6.07, 6.45) is 3.72. The Balaban J connectivity index is 1.87. The maximum atomic E-state index is 11.0. The quantitative estimate of drug-likeness (QED) is 0.744. The molecule has 0 N–H and O–H groups in total. The van der Waals surface area contributed by atoms with E-state index in [0.29, 0.717) is 0 Å². The zero-order chi connectivity index (χ0) is 17.1. The third-order valence-corrected chi connectivity index (χ3v) is 4.59. The molecule has 0 unspecified atom stereocenters. The van der Waals surface area contributed by atoms with Gasteiger partial charge in [-0.15, -0.1) is 0 Å². The summed E-state index contributed by atoms with van der Waals surface area (Å²) in [4.78, 5) is 15.4. The van der Waals surface area contributed by atoms with E-state index in [4.69, 9.17) is 11.6 Å². The molecule has 0 atom stereocenters. The smallest absolute Gasteiger partial charge is 0.147 e. The molecule has 1 heterocycles. The Morgan fingerprint density at radius 3 is 2.62 bits per heavy atom. The van der Waals surface area contributed by atoms with Gasteiger partial charge in [0, 0.05) is 48.3 Å². The second kappa shape index (κ2) is 7.10. The summed E-state index contributed by atoms with van der Waals surface area (Å²) in [5.41, 5.74) is 5.62. The van der Waals surface area contributed by atoms with E-state index in [2.05, 4.69) is 42.0 Å². The lowest BCUT2D eigenvalue weighted by Crippen LogP contribution is -2.20. The average molecular weight is 341 g/mol. The van der Waals surface area contributed by atoms with Crippen molar-refractivity contribution in [1.29, 1.82) is 0 Å². The van der Waals surface area contributed by atoms with Crippen LogP contribution in [-0.2, 0) is 11.3 Å². The van der Waals surface area contributed by atoms with E-state index in [1.54, 1.807) is 0 Å². The Morgan fingerprint density at radius 1 is 1.21 bits per heavy atom. The van der Waals surface area contributed by atoms with Crippen molar-refractivity contribution in [3.63, 3.8) is 0 Å². The SMILES string of the molecule is Cc1ccc(N2C=C(C=O)CC2)c(CN(C)c2ccc(Cl)cc2)c1. The van der Waals surface area contributed by atoms with Gasteiger partial charge >= 0.3 is 0 Å². The number of rotatable bonds is 5. The minimum Gasteiger partial charge on any atom is -0.370 e. The van der Waals surface area contributed by atoms with Gasteiger partial charge in [-0.1, -0.05) is 29.3 Å². The van der Waals surface area contributed by atoms with Crippen molar-refractivity contribution in [2.75, 3.05) is 23.4 Å². The van der Waals surface area contributed by atoms with Crippen molar-refractivity contribution in [1.82, 2.24) is 0 Å². The second-order valence-electron chi connectivity index (χ2n) is 6.23. The average Bonchev–Trinajstić information content (AvgIpc) is 3.04. The minimum atomic E-state index is 0.743. The molecule has 0 saturated heterocycles. The molecular weight excluding hydrogens is 320 g/mol. The van der Waals surface area contributed by atoms with Crippen molar-refractivity contribution in [3.8, 4) is 0 Å². The zero-order valence-corrected chi connectivity index (χ0v) is 14.8. The van der Waals surface area contributed by atoms with Crippen LogP contribution in [0.2, 0.25) is 5.02 Å². The monoisotopic (exact) mass is 340 g/mol. The summed E-state index contributed by atoms with van der Waals surface area (Å²) >= 11 is 5.98. The maximum Gasteiger partial charge on any atom is 0.147 e. The standard InChI is InChI=1S/C20H21ClN2O/c1-15-3-8-20(23-10-9-16(12-23)14-24)17(11-15)13-22(2)19-6-4-18(21)5-7-19/h3-8,11-12,14H,9-10,13H2,1-2H3. The number of benzene rings is 2. The van der Waals surface area contributed by atoms with Crippen LogP contribution in [-0.4, -0.2) is 19.9 Å². The zero-order valence-electron chi connectivity index (χ0n) is 14.0. The van der Waals surface area contributed by atoms with E-state index in [9.17, 15) is 4.79 Å². The first-order valence-corrected chi connectivity index (χ1v) is 8.43. The molecule has 0 radical (unpaired) electrons. The van der Waals surface area contributed by atoms with Crippen LogP contribution < -0.4 is 9.80 Å². The van der Waals surface area contributed by atoms with Crippen LogP contribution in [0.1, 0.15) is 17.5 Å². The lowest BCUT2D eigenvalue weighted by molar-refractivity contribution is -0.105. The van der Waals surface area contributed by atoms with Crippen molar-refractivity contribution in [2.45, 2.75) is 19.9 Å². The highest BCUT2D eigenvalue weighted by atomic mass is 35.5. The van der Waals surface area contributed by atoms with Crippen molar-refractivity contribution >= 4 is 29.3 Å². The molecule has 0 amide bonds. The predicted octanol–water partition coefficient (Wildman–Crippen LogP) is 4.58. The molecule has 2 aromatic carbocycles. The van der Waals surface area contributed by atoms with E-state index >= 15 is 0 Å². The number of nitrogens with zero attached hydrogens (tertiary/aromatic N) is 2. The van der Waals surface area contributed by atoms with Gasteiger partial charge in [0.25, 0.3) is 0 Å². The number of aldehydes is 1. The van der Waals surface area contributed by atoms with Gasteiger partial charge in [0.1, 0.15) is 6.29 Å². The molecule has 1 aliphatic rings. The first-order valence-electron chi connectivity index (χ1n) is 8.05. The van der Waals surface area contributed by atoms with E-state index in [0.717, 1.165) is 42.1 Å². The molecule has 4 heteroatoms. The number of carbonyl (C=O) groups excluding carboxylic acids is 1. The van der Waals surface area contributed by atoms with Gasteiger partial charge in [0.2, 0.25) is 0 Å². The van der Waals surface area contributed by atoms with Crippen LogP contribution in [0.4, 0.5) is 11.4 Å². The number of anilines is 2. The number of carbonyl (C=O) groups is 1. The molecular formula is C20H21ClN2O. The molecule has 0 fully saturated rings. The number of hydrogen-bond donors (Lipinski definition) is 0. The molecule has 3 nitrogen and oxygen atoms in total. The first kappa shape index (κ1) is 16.6. The Hall–Kier alpha value is -2.26. The molecule has 0 bridgehead atoms. The third-order valence-electron chi connectivity index (χ3n) is 4.33. The molecule has 0 saturated carbocycles. The van der Waals surface area contributed by atoms with Gasteiger partial charge < -0.3 is 9.80 Å². The lowest BCUT2D eigenvalue weighted by atomic mass is 10.1. The molecule has 0 aromatic heterocycles. The molecule has 1 aliphatic heterocycles. The van der Waals surface area contributed by atoms with E-state index in [1.165, 1.54) is 16.8 Å². The predicted molar refractivity (Wildman–Crippen MR) is 101 cm³/mol. The van der Waals surface area contributed by atoms with Crippen LogP contribution in [0.3, 0.4) is 0 Å². The summed E-state index contributed by atoms with van der Waals surface area (Å²) in [5, 5.41) is 0.743. The third kappa shape index (κ3) is 3.62. The van der Waals surface area contributed by atoms with Crippen LogP contribution in [0, 0.1) is 6.92 Å². The highest BCUT2D eigenvalue weighted by molar-refractivity contribution is 6.30. The summed E-state index contributed by atoms with van der Waals surface area (Å²) in [6, 6.07) is 14.3. The van der Waals surface area contributed by atoms with E-state index < -0.39 is 0 Å². The summed E-state index contributed by atoms with van der Waals surface area (Å²) in [7, 11) is 2.08. The Kier molecular flexibility index (Phi) is 4.91. The largest absolute Gasteiger partial charge is 0.370 e. The normalized spacial score (nSPS) is 13.8. The topological polar surface area (TPSA) is 23.6 Å². The molecule has 2 aromatic rings. The number of aryl methyl sites for hydroxylation is 1. The minimum absolute atomic E-state index is 0.743. The van der Waals surface area contributed by atoms with Gasteiger partial charge in [-0.3, -0.25) is 4.79 Å². The Labute approximate surface area is 148 Å². The van der Waals surface area contributed by atoms with Gasteiger partial charge in [-0.2, -0.15) is 0 Å². The van der Waals surface area contributed by atoms with Gasteiger partial charge in [0.15, 0.2) is 0 Å². The highest BCUT2D eigenvalue weighted by Gasteiger charge is 2.17. The Bertz CT molecular complexity index is 768. The fourth-order valence-corrected chi connectivity index (χ4v) is 3.15. The van der Waals surface area contributed by atoms with Gasteiger partial charge in [0.05, 0.1) is 0 Å². The van der Waals surface area contributed by atoms with Crippen molar-refractivity contribution < 1.29 is 4.79 Å². The van der Waals surface area contributed by atoms with Gasteiger partial charge in [-0.25, -0.2) is 0 Å². The van der Waals surface area contributed by atoms with Crippen LogP contribution >= 0.6 is 11.6 Å². The molecule has 24 heavy (non-hydrogen) atoms. The van der Waals surface area contributed by atoms with Crippen molar-refractivity contribution in [3.05, 3.63) is 70.4 Å². The number of hydrogen-bond acceptors (Lipinski definition) is 3. The Morgan fingerprint density at radius 2 is 1.96 bits per heavy atom. The fourth-order valence-electron chi connectivity index (χ4n) is 3.02. The molecule has 0 spiro atoms. The fraction of sp³-hybridized carbons (Fsp3) is 0.250. The van der Waals surface area contributed by atoms with Gasteiger partial charge in [-0.05, 0) is 49.2 Å². The summed E-state index contributed by atoms with van der Waals surface area (Å²) in [6.45, 7) is 3.75. The number of halogens is 1. The highest BCUT2D eigenvalue weighted by Crippen LogP contribution is 2.29. The van der Waals surface area contributed by atoms with Crippen LogP contribution in [0.25, 0.3) is 0 Å². The van der Waals surface area contributed by atoms with E-state index in [-0.39, 0.29) is 0 Å². The second-order valence-corrected chi connectivity index (χ2v) is 6.67. The van der Waals surface area contributed by atoms with Crippen molar-refractivity contribution in [2.24, 2.45) is 0 Å². The maximum absolute atomic E-state index is 11.0. The first-order chi connectivity index (χ1) is 11.6. The van der Waals surface area contributed by atoms with Crippen LogP contribution in [0.15, 0.2) is 54.2 Å².